The summed E-state index contributed by atoms with van der Waals surface area (Å²) in [6.45, 7) is 24.1. The Balaban J connectivity index is 0.000000765. The second-order valence-corrected chi connectivity index (χ2v) is 12.5. The van der Waals surface area contributed by atoms with Crippen molar-refractivity contribution < 1.29 is 9.47 Å². The van der Waals surface area contributed by atoms with Crippen LogP contribution in [-0.4, -0.2) is 13.9 Å². The van der Waals surface area contributed by atoms with E-state index >= 15 is 0 Å². The number of ether oxygens (including phenoxy) is 2. The molecule has 0 aromatic heterocycles. The van der Waals surface area contributed by atoms with Crippen LogP contribution in [0.15, 0.2) is 64.7 Å². The Bertz CT molecular complexity index is 1110. The first kappa shape index (κ1) is 37.9. The fourth-order valence-electron chi connectivity index (χ4n) is 4.67. The van der Waals surface area contributed by atoms with Gasteiger partial charge in [-0.15, -0.1) is 6.58 Å². The number of methoxy groups -OCH3 is 1. The molecule has 2 aromatic rings. The highest BCUT2D eigenvalue weighted by Crippen LogP contribution is 2.26. The molecule has 0 amide bonds. The lowest BCUT2D eigenvalue weighted by Gasteiger charge is -2.14. The van der Waals surface area contributed by atoms with E-state index in [-0.39, 0.29) is 14.2 Å². The summed E-state index contributed by atoms with van der Waals surface area (Å²) in [5.41, 5.74) is 10.8. The second kappa shape index (κ2) is 19.9. The monoisotopic (exact) mass is 612 g/mol. The van der Waals surface area contributed by atoms with E-state index in [0.29, 0.717) is 5.92 Å². The van der Waals surface area contributed by atoms with E-state index in [0.717, 1.165) is 42.9 Å². The molecule has 0 radical (unpaired) electrons. The molecule has 0 N–H and O–H groups in total. The fourth-order valence-corrected chi connectivity index (χ4v) is 5.12. The molecule has 0 unspecified atom stereocenters. The molecule has 0 aliphatic rings. The van der Waals surface area contributed by atoms with Crippen LogP contribution >= 0.6 is 15.9 Å². The lowest BCUT2D eigenvalue weighted by atomic mass is 9.97. The van der Waals surface area contributed by atoms with Crippen LogP contribution in [0.1, 0.15) is 95.2 Å². The summed E-state index contributed by atoms with van der Waals surface area (Å²) < 4.78 is 12.0. The number of aryl methyl sites for hydroxylation is 3. The Morgan fingerprint density at radius 2 is 1.25 bits per heavy atom. The Kier molecular flexibility index (Phi) is 18.8. The molecule has 0 aliphatic heterocycles. The van der Waals surface area contributed by atoms with Crippen LogP contribution in [0.4, 0.5) is 0 Å². The van der Waals surface area contributed by atoms with Gasteiger partial charge < -0.3 is 9.47 Å². The van der Waals surface area contributed by atoms with E-state index in [1.807, 2.05) is 6.08 Å². The van der Waals surface area contributed by atoms with Gasteiger partial charge in [-0.1, -0.05) is 92.6 Å². The first-order chi connectivity index (χ1) is 18.4. The number of hydrogen-bond donors (Lipinski definition) is 0. The van der Waals surface area contributed by atoms with Crippen LogP contribution in [0.25, 0.3) is 0 Å². The molecule has 0 bridgehead atoms. The number of allylic oxidation sites excluding steroid dienone is 5. The maximum Gasteiger partial charge on any atom is 0.188 e. The number of rotatable bonds is 13. The second-order valence-electron chi connectivity index (χ2n) is 11.7. The van der Waals surface area contributed by atoms with Crippen molar-refractivity contribution in [2.24, 2.45) is 11.8 Å². The van der Waals surface area contributed by atoms with Crippen molar-refractivity contribution in [3.05, 3.63) is 98.1 Å². The molecule has 0 atom stereocenters. The third kappa shape index (κ3) is 14.5. The van der Waals surface area contributed by atoms with Gasteiger partial charge in [-0.3, -0.25) is 0 Å². The van der Waals surface area contributed by atoms with Crippen LogP contribution in [0, 0.1) is 32.6 Å². The minimum Gasteiger partial charge on any atom is -0.467 e. The predicted molar refractivity (Wildman–Crippen MR) is 182 cm³/mol. The molecule has 3 heteroatoms. The van der Waals surface area contributed by atoms with Crippen LogP contribution in [0.3, 0.4) is 0 Å². The molecule has 0 aliphatic carbocycles. The molecule has 0 saturated heterocycles. The van der Waals surface area contributed by atoms with Crippen molar-refractivity contribution in [2.45, 2.75) is 102 Å². The number of halogens is 1. The number of hydrogen-bond acceptors (Lipinski definition) is 2. The van der Waals surface area contributed by atoms with Gasteiger partial charge in [-0.05, 0) is 124 Å². The zero-order chi connectivity index (χ0) is 29.5. The van der Waals surface area contributed by atoms with Gasteiger partial charge in [0.15, 0.2) is 6.79 Å². The summed E-state index contributed by atoms with van der Waals surface area (Å²) >= 11 is 3.58. The highest BCUT2D eigenvalue weighted by molar-refractivity contribution is 9.10. The van der Waals surface area contributed by atoms with E-state index in [1.165, 1.54) is 49.9 Å². The lowest BCUT2D eigenvalue weighted by Crippen LogP contribution is -2.03. The largest absolute Gasteiger partial charge is 0.467 e. The van der Waals surface area contributed by atoms with Gasteiger partial charge >= 0.3 is 0 Å². The van der Waals surface area contributed by atoms with Gasteiger partial charge in [0.05, 0.1) is 0 Å². The molecule has 0 saturated carbocycles. The number of benzene rings is 2. The van der Waals surface area contributed by atoms with Crippen molar-refractivity contribution in [3.63, 3.8) is 0 Å². The summed E-state index contributed by atoms with van der Waals surface area (Å²) in [7, 11) is 1.64. The van der Waals surface area contributed by atoms with Crippen molar-refractivity contribution in [2.75, 3.05) is 13.9 Å². The third-order valence-corrected chi connectivity index (χ3v) is 7.49. The van der Waals surface area contributed by atoms with Gasteiger partial charge in [-0.25, -0.2) is 0 Å². The maximum atomic E-state index is 5.72. The topological polar surface area (TPSA) is 18.5 Å². The highest BCUT2D eigenvalue weighted by atomic mass is 79.9. The molecule has 0 heterocycles. The molecule has 2 nitrogen and oxygen atoms in total. The molecule has 0 spiro atoms. The zero-order valence-corrected chi connectivity index (χ0v) is 27.9. The summed E-state index contributed by atoms with van der Waals surface area (Å²) in [6, 6.07) is 8.86. The SMILES string of the molecule is C.C/C(=C\Cc1cc(C)c(Br)cc1C)CC(C)C.C=CCc1cc(C)c(C/C=C(\C)CC(C)C)cc1OCOC. The van der Waals surface area contributed by atoms with Crippen LogP contribution in [0.2, 0.25) is 0 Å². The summed E-state index contributed by atoms with van der Waals surface area (Å²) in [6.07, 6.45) is 11.8. The molecule has 2 rings (SSSR count). The molecule has 224 valence electrons. The first-order valence-corrected chi connectivity index (χ1v) is 15.1. The van der Waals surface area contributed by atoms with E-state index in [2.05, 4.69) is 121 Å². The van der Waals surface area contributed by atoms with Crippen LogP contribution in [0.5, 0.6) is 5.75 Å². The van der Waals surface area contributed by atoms with E-state index in [1.54, 1.807) is 7.11 Å². The Morgan fingerprint density at radius 1 is 0.775 bits per heavy atom. The van der Waals surface area contributed by atoms with Crippen molar-refractivity contribution in [1.29, 1.82) is 0 Å². The Morgan fingerprint density at radius 3 is 1.73 bits per heavy atom. The minimum absolute atomic E-state index is 0. The molecular weight excluding hydrogens is 556 g/mol. The fraction of sp³-hybridized carbons (Fsp3) is 0.514. The Labute approximate surface area is 256 Å². The van der Waals surface area contributed by atoms with Gasteiger partial charge in [-0.2, -0.15) is 0 Å². The minimum atomic E-state index is 0. The molecule has 0 fully saturated rings. The maximum absolute atomic E-state index is 5.72. The van der Waals surface area contributed by atoms with E-state index in [9.17, 15) is 0 Å². The summed E-state index contributed by atoms with van der Waals surface area (Å²) in [4.78, 5) is 0. The third-order valence-electron chi connectivity index (χ3n) is 6.63. The molecule has 40 heavy (non-hydrogen) atoms. The quantitative estimate of drug-likeness (QED) is 0.165. The van der Waals surface area contributed by atoms with E-state index in [4.69, 9.17) is 9.47 Å². The molecule has 2 aromatic carbocycles. The summed E-state index contributed by atoms with van der Waals surface area (Å²) in [5.74, 6) is 2.35. The van der Waals surface area contributed by atoms with Crippen LogP contribution < -0.4 is 4.74 Å². The van der Waals surface area contributed by atoms with Gasteiger partial charge in [0, 0.05) is 11.6 Å². The van der Waals surface area contributed by atoms with E-state index < -0.39 is 0 Å². The van der Waals surface area contributed by atoms with Gasteiger partial charge in [0.1, 0.15) is 5.75 Å². The van der Waals surface area contributed by atoms with Crippen LogP contribution in [-0.2, 0) is 24.0 Å². The first-order valence-electron chi connectivity index (χ1n) is 14.3. The highest BCUT2D eigenvalue weighted by Gasteiger charge is 2.08. The standard InChI is InChI=1S/C20H30O2.C16H23Br.CH4/c1-7-8-19-12-17(5)18(13-20(19)22-14-21-6)10-9-16(4)11-15(2)3;1-11(2)8-12(3)6-7-15-9-14(5)16(17)10-13(15)4;/h7,9,12-13,15H,1,8,10-11,14H2,2-6H3;6,9-11H,7-8H2,1-5H3;1H4/b16-9+;12-6+;. The average Bonchev–Trinajstić information content (AvgIpc) is 2.84. The molecular formula is C37H57BrO2. The van der Waals surface area contributed by atoms with Gasteiger partial charge in [0.2, 0.25) is 0 Å². The van der Waals surface area contributed by atoms with Crippen molar-refractivity contribution in [3.8, 4) is 5.75 Å². The van der Waals surface area contributed by atoms with Crippen molar-refractivity contribution in [1.82, 2.24) is 0 Å². The van der Waals surface area contributed by atoms with Gasteiger partial charge in [0.25, 0.3) is 0 Å². The lowest BCUT2D eigenvalue weighted by molar-refractivity contribution is 0.0504. The normalized spacial score (nSPS) is 11.7. The van der Waals surface area contributed by atoms with Crippen molar-refractivity contribution >= 4 is 15.9 Å². The zero-order valence-electron chi connectivity index (χ0n) is 26.3. The smallest absolute Gasteiger partial charge is 0.188 e. The summed E-state index contributed by atoms with van der Waals surface area (Å²) in [5, 5.41) is 0. The average molecular weight is 614 g/mol. The Hall–Kier alpha value is -2.10. The predicted octanol–water partition coefficient (Wildman–Crippen LogP) is 11.5.